The van der Waals surface area contributed by atoms with E-state index in [2.05, 4.69) is 20.4 Å². The van der Waals surface area contributed by atoms with Gasteiger partial charge in [0.05, 0.1) is 6.10 Å². The van der Waals surface area contributed by atoms with Crippen LogP contribution in [0, 0.1) is 11.8 Å². The van der Waals surface area contributed by atoms with Crippen molar-refractivity contribution in [2.24, 2.45) is 11.8 Å². The van der Waals surface area contributed by atoms with E-state index >= 15 is 0 Å². The van der Waals surface area contributed by atoms with Gasteiger partial charge in [0, 0.05) is 12.5 Å². The zero-order chi connectivity index (χ0) is 8.27. The molecule has 0 N–H and O–H groups in total. The minimum Gasteiger partial charge on any atom is -0.378 e. The molecule has 0 unspecified atom stereocenters. The Bertz CT molecular complexity index is 129. The molecule has 0 saturated carbocycles. The number of rotatable bonds is 3. The molecule has 1 aliphatic heterocycles. The molecule has 0 bridgehead atoms. The molecule has 1 heteroatoms. The Morgan fingerprint density at radius 2 is 2.36 bits per heavy atom. The fourth-order valence-corrected chi connectivity index (χ4v) is 1.64. The van der Waals surface area contributed by atoms with Gasteiger partial charge in [-0.25, -0.2) is 0 Å². The van der Waals surface area contributed by atoms with E-state index in [1.54, 1.807) is 0 Å². The van der Waals surface area contributed by atoms with Crippen molar-refractivity contribution in [3.63, 3.8) is 0 Å². The van der Waals surface area contributed by atoms with Crippen molar-refractivity contribution in [1.82, 2.24) is 0 Å². The van der Waals surface area contributed by atoms with Gasteiger partial charge < -0.3 is 4.74 Å². The molecule has 0 radical (unpaired) electrons. The fourth-order valence-electron chi connectivity index (χ4n) is 1.64. The first-order chi connectivity index (χ1) is 5.24. The van der Waals surface area contributed by atoms with Crippen LogP contribution in [0.15, 0.2) is 12.7 Å². The van der Waals surface area contributed by atoms with Crippen molar-refractivity contribution in [3.8, 4) is 0 Å². The van der Waals surface area contributed by atoms with Crippen LogP contribution in [0.1, 0.15) is 26.7 Å². The van der Waals surface area contributed by atoms with Gasteiger partial charge in [-0.2, -0.15) is 0 Å². The van der Waals surface area contributed by atoms with E-state index in [4.69, 9.17) is 4.74 Å². The third kappa shape index (κ3) is 2.33. The summed E-state index contributed by atoms with van der Waals surface area (Å²) in [5, 5.41) is 0. The molecule has 1 fully saturated rings. The lowest BCUT2D eigenvalue weighted by Crippen LogP contribution is -2.16. The summed E-state index contributed by atoms with van der Waals surface area (Å²) in [6, 6.07) is 0. The third-order valence-corrected chi connectivity index (χ3v) is 2.27. The second-order valence-electron chi connectivity index (χ2n) is 3.73. The van der Waals surface area contributed by atoms with Crippen LogP contribution >= 0.6 is 0 Å². The molecule has 11 heavy (non-hydrogen) atoms. The Morgan fingerprint density at radius 3 is 2.91 bits per heavy atom. The lowest BCUT2D eigenvalue weighted by molar-refractivity contribution is 0.0817. The first kappa shape index (κ1) is 8.79. The largest absolute Gasteiger partial charge is 0.378 e. The molecule has 1 aliphatic rings. The van der Waals surface area contributed by atoms with Crippen LogP contribution in [-0.4, -0.2) is 12.7 Å². The van der Waals surface area contributed by atoms with Gasteiger partial charge >= 0.3 is 0 Å². The molecule has 0 aliphatic carbocycles. The molecule has 0 amide bonds. The van der Waals surface area contributed by atoms with Gasteiger partial charge in [-0.3, -0.25) is 0 Å². The molecule has 1 nitrogen and oxygen atoms in total. The maximum Gasteiger partial charge on any atom is 0.0640 e. The normalized spacial score (nSPS) is 31.2. The molecule has 0 spiro atoms. The van der Waals surface area contributed by atoms with Crippen molar-refractivity contribution >= 4 is 0 Å². The van der Waals surface area contributed by atoms with Crippen LogP contribution in [0.5, 0.6) is 0 Å². The second kappa shape index (κ2) is 3.91. The molecule has 1 rings (SSSR count). The fraction of sp³-hybridized carbons (Fsp3) is 0.800. The zero-order valence-electron chi connectivity index (χ0n) is 7.55. The molecular formula is C10H18O. The van der Waals surface area contributed by atoms with Crippen LogP contribution in [-0.2, 0) is 4.74 Å². The summed E-state index contributed by atoms with van der Waals surface area (Å²) in [7, 11) is 0. The molecule has 0 aromatic rings. The van der Waals surface area contributed by atoms with Gasteiger partial charge in [0.2, 0.25) is 0 Å². The van der Waals surface area contributed by atoms with E-state index in [1.807, 2.05) is 6.08 Å². The highest BCUT2D eigenvalue weighted by atomic mass is 16.5. The van der Waals surface area contributed by atoms with Gasteiger partial charge in [0.15, 0.2) is 0 Å². The van der Waals surface area contributed by atoms with Crippen molar-refractivity contribution in [1.29, 1.82) is 0 Å². The average molecular weight is 154 g/mol. The van der Waals surface area contributed by atoms with Gasteiger partial charge in [-0.15, -0.1) is 6.58 Å². The molecule has 2 atom stereocenters. The summed E-state index contributed by atoms with van der Waals surface area (Å²) in [4.78, 5) is 0. The molecule has 0 aromatic carbocycles. The second-order valence-corrected chi connectivity index (χ2v) is 3.73. The van der Waals surface area contributed by atoms with Crippen molar-refractivity contribution in [2.75, 3.05) is 6.61 Å². The Labute approximate surface area is 69.4 Å². The van der Waals surface area contributed by atoms with Crippen molar-refractivity contribution < 1.29 is 4.74 Å². The minimum absolute atomic E-state index is 0.451. The van der Waals surface area contributed by atoms with Crippen molar-refractivity contribution in [3.05, 3.63) is 12.7 Å². The van der Waals surface area contributed by atoms with Crippen LogP contribution in [0.2, 0.25) is 0 Å². The number of ether oxygens (including phenoxy) is 1. The molecular weight excluding hydrogens is 136 g/mol. The summed E-state index contributed by atoms with van der Waals surface area (Å²) >= 11 is 0. The summed E-state index contributed by atoms with van der Waals surface area (Å²) in [6.45, 7) is 9.22. The standard InChI is InChI=1S/C10H18O/c1-4-9-5-6-11-10(9)7-8(2)3/h4,8-10H,1,5-7H2,2-3H3/t9-,10-/m0/s1. The van der Waals surface area contributed by atoms with Gasteiger partial charge in [-0.1, -0.05) is 19.9 Å². The smallest absolute Gasteiger partial charge is 0.0640 e. The highest BCUT2D eigenvalue weighted by molar-refractivity contribution is 4.89. The SMILES string of the molecule is C=C[C@H]1CCO[C@H]1CC(C)C. The van der Waals surface area contributed by atoms with Gasteiger partial charge in [-0.05, 0) is 18.8 Å². The summed E-state index contributed by atoms with van der Waals surface area (Å²) in [5.74, 6) is 1.35. The lowest BCUT2D eigenvalue weighted by atomic mass is 9.94. The predicted octanol–water partition coefficient (Wildman–Crippen LogP) is 2.62. The first-order valence-electron chi connectivity index (χ1n) is 4.48. The highest BCUT2D eigenvalue weighted by Crippen LogP contribution is 2.26. The quantitative estimate of drug-likeness (QED) is 0.568. The van der Waals surface area contributed by atoms with Gasteiger partial charge in [0.1, 0.15) is 0 Å². The molecule has 64 valence electrons. The van der Waals surface area contributed by atoms with Crippen LogP contribution in [0.25, 0.3) is 0 Å². The van der Waals surface area contributed by atoms with Crippen molar-refractivity contribution in [2.45, 2.75) is 32.8 Å². The summed E-state index contributed by atoms with van der Waals surface area (Å²) in [5.41, 5.74) is 0. The maximum atomic E-state index is 5.60. The van der Waals surface area contributed by atoms with Gasteiger partial charge in [0.25, 0.3) is 0 Å². The third-order valence-electron chi connectivity index (χ3n) is 2.27. The topological polar surface area (TPSA) is 9.23 Å². The Hall–Kier alpha value is -0.300. The zero-order valence-corrected chi connectivity index (χ0v) is 7.55. The average Bonchev–Trinajstić information content (AvgIpc) is 2.34. The molecule has 1 saturated heterocycles. The highest BCUT2D eigenvalue weighted by Gasteiger charge is 2.25. The Kier molecular flexibility index (Phi) is 3.13. The van der Waals surface area contributed by atoms with E-state index < -0.39 is 0 Å². The van der Waals surface area contributed by atoms with E-state index in [-0.39, 0.29) is 0 Å². The lowest BCUT2D eigenvalue weighted by Gasteiger charge is -2.16. The number of hydrogen-bond donors (Lipinski definition) is 0. The van der Waals surface area contributed by atoms with E-state index in [1.165, 1.54) is 12.8 Å². The summed E-state index contributed by atoms with van der Waals surface area (Å²) < 4.78 is 5.60. The predicted molar refractivity (Wildman–Crippen MR) is 47.5 cm³/mol. The van der Waals surface area contributed by atoms with Crippen LogP contribution in [0.3, 0.4) is 0 Å². The minimum atomic E-state index is 0.451. The number of hydrogen-bond acceptors (Lipinski definition) is 1. The van der Waals surface area contributed by atoms with E-state index in [0.29, 0.717) is 12.0 Å². The Balaban J connectivity index is 2.37. The Morgan fingerprint density at radius 1 is 1.64 bits per heavy atom. The molecule has 0 aromatic heterocycles. The summed E-state index contributed by atoms with van der Waals surface area (Å²) in [6.07, 6.45) is 4.84. The van der Waals surface area contributed by atoms with Crippen LogP contribution in [0.4, 0.5) is 0 Å². The maximum absolute atomic E-state index is 5.60. The van der Waals surface area contributed by atoms with E-state index in [9.17, 15) is 0 Å². The first-order valence-corrected chi connectivity index (χ1v) is 4.48. The molecule has 1 heterocycles. The van der Waals surface area contributed by atoms with E-state index in [0.717, 1.165) is 12.5 Å². The monoisotopic (exact) mass is 154 g/mol. The van der Waals surface area contributed by atoms with Crippen LogP contribution < -0.4 is 0 Å².